The van der Waals surface area contributed by atoms with Crippen molar-refractivity contribution in [2.75, 3.05) is 7.11 Å². The minimum atomic E-state index is -0.123. The highest BCUT2D eigenvalue weighted by Gasteiger charge is 2.27. The lowest BCUT2D eigenvalue weighted by Gasteiger charge is -2.26. The Bertz CT molecular complexity index is 177. The smallest absolute Gasteiger partial charge is 0.220 e. The van der Waals surface area contributed by atoms with E-state index in [0.717, 1.165) is 12.8 Å². The van der Waals surface area contributed by atoms with E-state index in [1.54, 1.807) is 7.11 Å². The molecule has 0 spiro atoms. The lowest BCUT2D eigenvalue weighted by atomic mass is 9.98. The van der Waals surface area contributed by atoms with Gasteiger partial charge in [-0.25, -0.2) is 0 Å². The Hall–Kier alpha value is -0.570. The van der Waals surface area contributed by atoms with Gasteiger partial charge in [0.05, 0.1) is 5.60 Å². The quantitative estimate of drug-likeness (QED) is 0.690. The molecule has 0 radical (unpaired) electrons. The molecule has 0 saturated carbocycles. The number of rotatable bonds is 3. The van der Waals surface area contributed by atoms with Crippen LogP contribution in [0.4, 0.5) is 0 Å². The SMILES string of the molecule is COC(C)(C)CC1CCC(=O)N1. The molecule has 1 unspecified atom stereocenters. The van der Waals surface area contributed by atoms with Crippen LogP contribution in [-0.4, -0.2) is 24.7 Å². The Balaban J connectivity index is 2.36. The van der Waals surface area contributed by atoms with Crippen LogP contribution in [-0.2, 0) is 9.53 Å². The summed E-state index contributed by atoms with van der Waals surface area (Å²) in [6.07, 6.45) is 2.52. The van der Waals surface area contributed by atoms with E-state index in [1.165, 1.54) is 0 Å². The molecule has 1 rings (SSSR count). The Morgan fingerprint density at radius 2 is 2.33 bits per heavy atom. The van der Waals surface area contributed by atoms with Gasteiger partial charge in [-0.2, -0.15) is 0 Å². The number of methoxy groups -OCH3 is 1. The van der Waals surface area contributed by atoms with Crippen LogP contribution in [0.2, 0.25) is 0 Å². The monoisotopic (exact) mass is 171 g/mol. The molecule has 70 valence electrons. The van der Waals surface area contributed by atoms with Gasteiger partial charge in [-0.05, 0) is 26.7 Å². The summed E-state index contributed by atoms with van der Waals surface area (Å²) in [4.78, 5) is 10.9. The first-order valence-electron chi connectivity index (χ1n) is 4.38. The summed E-state index contributed by atoms with van der Waals surface area (Å²) >= 11 is 0. The number of nitrogens with one attached hydrogen (secondary N) is 1. The van der Waals surface area contributed by atoms with E-state index in [2.05, 4.69) is 5.32 Å². The van der Waals surface area contributed by atoms with E-state index in [9.17, 15) is 4.79 Å². The van der Waals surface area contributed by atoms with Crippen LogP contribution in [0.3, 0.4) is 0 Å². The van der Waals surface area contributed by atoms with Gasteiger partial charge in [-0.15, -0.1) is 0 Å². The summed E-state index contributed by atoms with van der Waals surface area (Å²) in [6.45, 7) is 4.08. The van der Waals surface area contributed by atoms with Crippen molar-refractivity contribution in [3.63, 3.8) is 0 Å². The van der Waals surface area contributed by atoms with Gasteiger partial charge in [-0.3, -0.25) is 4.79 Å². The molecule has 1 amide bonds. The molecule has 0 aliphatic carbocycles. The maximum atomic E-state index is 10.9. The first kappa shape index (κ1) is 9.52. The van der Waals surface area contributed by atoms with Crippen LogP contribution in [0, 0.1) is 0 Å². The van der Waals surface area contributed by atoms with E-state index in [0.29, 0.717) is 12.5 Å². The van der Waals surface area contributed by atoms with Gasteiger partial charge in [0, 0.05) is 19.6 Å². The Morgan fingerprint density at radius 3 is 2.75 bits per heavy atom. The molecule has 1 atom stereocenters. The fourth-order valence-electron chi connectivity index (χ4n) is 1.51. The van der Waals surface area contributed by atoms with Gasteiger partial charge in [0.25, 0.3) is 0 Å². The fourth-order valence-corrected chi connectivity index (χ4v) is 1.51. The molecule has 0 aromatic carbocycles. The average molecular weight is 171 g/mol. The molecule has 1 aliphatic heterocycles. The maximum absolute atomic E-state index is 10.9. The molecular formula is C9H17NO2. The second kappa shape index (κ2) is 3.44. The van der Waals surface area contributed by atoms with Gasteiger partial charge < -0.3 is 10.1 Å². The predicted octanol–water partition coefficient (Wildman–Crippen LogP) is 1.08. The van der Waals surface area contributed by atoms with Crippen molar-refractivity contribution in [1.29, 1.82) is 0 Å². The number of ether oxygens (including phenoxy) is 1. The second-order valence-electron chi connectivity index (χ2n) is 3.97. The van der Waals surface area contributed by atoms with Crippen molar-refractivity contribution >= 4 is 5.91 Å². The molecule has 3 heteroatoms. The van der Waals surface area contributed by atoms with Crippen LogP contribution in [0.15, 0.2) is 0 Å². The molecule has 1 aliphatic rings. The Labute approximate surface area is 73.5 Å². The summed E-state index contributed by atoms with van der Waals surface area (Å²) in [7, 11) is 1.71. The van der Waals surface area contributed by atoms with Crippen molar-refractivity contribution in [3.8, 4) is 0 Å². The molecule has 0 aromatic rings. The summed E-state index contributed by atoms with van der Waals surface area (Å²) in [5.41, 5.74) is -0.123. The number of amides is 1. The predicted molar refractivity (Wildman–Crippen MR) is 46.9 cm³/mol. The van der Waals surface area contributed by atoms with Crippen molar-refractivity contribution in [2.24, 2.45) is 0 Å². The highest BCUT2D eigenvalue weighted by Crippen LogP contribution is 2.20. The summed E-state index contributed by atoms with van der Waals surface area (Å²) in [6, 6.07) is 0.312. The van der Waals surface area contributed by atoms with E-state index in [1.807, 2.05) is 13.8 Å². The highest BCUT2D eigenvalue weighted by molar-refractivity contribution is 5.78. The third-order valence-corrected chi connectivity index (χ3v) is 2.38. The van der Waals surface area contributed by atoms with E-state index >= 15 is 0 Å². The van der Waals surface area contributed by atoms with Gasteiger partial charge >= 0.3 is 0 Å². The van der Waals surface area contributed by atoms with Crippen LogP contribution in [0.25, 0.3) is 0 Å². The normalized spacial score (nSPS) is 24.2. The van der Waals surface area contributed by atoms with Crippen molar-refractivity contribution in [3.05, 3.63) is 0 Å². The maximum Gasteiger partial charge on any atom is 0.220 e. The molecule has 0 bridgehead atoms. The van der Waals surface area contributed by atoms with Gasteiger partial charge in [0.1, 0.15) is 0 Å². The first-order chi connectivity index (χ1) is 5.53. The molecule has 1 saturated heterocycles. The van der Waals surface area contributed by atoms with Gasteiger partial charge in [0.2, 0.25) is 5.91 Å². The Kier molecular flexibility index (Phi) is 2.73. The minimum Gasteiger partial charge on any atom is -0.379 e. The van der Waals surface area contributed by atoms with E-state index < -0.39 is 0 Å². The van der Waals surface area contributed by atoms with Crippen LogP contribution < -0.4 is 5.32 Å². The van der Waals surface area contributed by atoms with Crippen LogP contribution in [0.5, 0.6) is 0 Å². The zero-order valence-electron chi connectivity index (χ0n) is 8.02. The van der Waals surface area contributed by atoms with Gasteiger partial charge in [0.15, 0.2) is 0 Å². The molecule has 1 fully saturated rings. The molecule has 1 heterocycles. The largest absolute Gasteiger partial charge is 0.379 e. The number of hydrogen-bond donors (Lipinski definition) is 1. The van der Waals surface area contributed by atoms with Crippen molar-refractivity contribution in [2.45, 2.75) is 44.8 Å². The zero-order chi connectivity index (χ0) is 9.19. The van der Waals surface area contributed by atoms with Gasteiger partial charge in [-0.1, -0.05) is 0 Å². The van der Waals surface area contributed by atoms with Crippen molar-refractivity contribution < 1.29 is 9.53 Å². The lowest BCUT2D eigenvalue weighted by Crippen LogP contribution is -2.35. The van der Waals surface area contributed by atoms with Crippen LogP contribution >= 0.6 is 0 Å². The molecule has 3 nitrogen and oxygen atoms in total. The van der Waals surface area contributed by atoms with Crippen LogP contribution in [0.1, 0.15) is 33.1 Å². The highest BCUT2D eigenvalue weighted by atomic mass is 16.5. The molecule has 1 N–H and O–H groups in total. The van der Waals surface area contributed by atoms with E-state index in [4.69, 9.17) is 4.74 Å². The topological polar surface area (TPSA) is 38.3 Å². The van der Waals surface area contributed by atoms with E-state index in [-0.39, 0.29) is 11.5 Å². The number of carbonyl (C=O) groups is 1. The minimum absolute atomic E-state index is 0.123. The summed E-state index contributed by atoms with van der Waals surface area (Å²) in [5.74, 6) is 0.173. The fraction of sp³-hybridized carbons (Fsp3) is 0.889. The average Bonchev–Trinajstić information content (AvgIpc) is 2.35. The Morgan fingerprint density at radius 1 is 1.67 bits per heavy atom. The van der Waals surface area contributed by atoms with Crippen molar-refractivity contribution in [1.82, 2.24) is 5.32 Å². The molecule has 0 aromatic heterocycles. The zero-order valence-corrected chi connectivity index (χ0v) is 8.02. The summed E-state index contributed by atoms with van der Waals surface area (Å²) in [5, 5.41) is 2.93. The number of hydrogen-bond acceptors (Lipinski definition) is 2. The molecular weight excluding hydrogens is 154 g/mol. The summed E-state index contributed by atoms with van der Waals surface area (Å²) < 4.78 is 5.28. The molecule has 12 heavy (non-hydrogen) atoms. The third-order valence-electron chi connectivity index (χ3n) is 2.38. The lowest BCUT2D eigenvalue weighted by molar-refractivity contribution is -0.119. The number of carbonyl (C=O) groups excluding carboxylic acids is 1. The third kappa shape index (κ3) is 2.48. The second-order valence-corrected chi connectivity index (χ2v) is 3.97. The standard InChI is InChI=1S/C9H17NO2/c1-9(2,12-3)6-7-4-5-8(11)10-7/h7H,4-6H2,1-3H3,(H,10,11). The first-order valence-corrected chi connectivity index (χ1v) is 4.38.